The van der Waals surface area contributed by atoms with Gasteiger partial charge in [-0.2, -0.15) is 5.26 Å². The van der Waals surface area contributed by atoms with E-state index in [4.69, 9.17) is 10.00 Å². The molecule has 1 aliphatic rings. The fraction of sp³-hybridized carbons (Fsp3) is 0.167. The van der Waals surface area contributed by atoms with Crippen LogP contribution >= 0.6 is 0 Å². The molecule has 120 valence electrons. The molecule has 6 heteroatoms. The third-order valence-corrected chi connectivity index (χ3v) is 3.75. The first-order valence-electron chi connectivity index (χ1n) is 7.42. The summed E-state index contributed by atoms with van der Waals surface area (Å²) in [7, 11) is 1.66. The number of rotatable bonds is 3. The third-order valence-electron chi connectivity index (χ3n) is 3.75. The van der Waals surface area contributed by atoms with E-state index in [1.165, 1.54) is 4.90 Å². The van der Waals surface area contributed by atoms with E-state index in [-0.39, 0.29) is 18.2 Å². The van der Waals surface area contributed by atoms with Crippen LogP contribution in [0.25, 0.3) is 0 Å². The molecule has 0 fully saturated rings. The molecular weight excluding hydrogens is 306 g/mol. The molecule has 1 unspecified atom stereocenters. The van der Waals surface area contributed by atoms with Crippen LogP contribution in [0.4, 0.5) is 11.4 Å². The summed E-state index contributed by atoms with van der Waals surface area (Å²) in [6, 6.07) is 15.8. The van der Waals surface area contributed by atoms with Crippen molar-refractivity contribution in [1.82, 2.24) is 0 Å². The van der Waals surface area contributed by atoms with Gasteiger partial charge in [0.1, 0.15) is 5.75 Å². The van der Waals surface area contributed by atoms with Gasteiger partial charge in [-0.3, -0.25) is 9.59 Å². The van der Waals surface area contributed by atoms with Gasteiger partial charge in [0, 0.05) is 12.7 Å². The Labute approximate surface area is 139 Å². The lowest BCUT2D eigenvalue weighted by Gasteiger charge is -2.31. The first-order chi connectivity index (χ1) is 11.6. The predicted octanol–water partition coefficient (Wildman–Crippen LogP) is 2.31. The minimum absolute atomic E-state index is 0.103. The first-order valence-corrected chi connectivity index (χ1v) is 7.42. The van der Waals surface area contributed by atoms with Crippen LogP contribution < -0.4 is 15.0 Å². The van der Waals surface area contributed by atoms with Crippen molar-refractivity contribution < 1.29 is 14.3 Å². The quantitative estimate of drug-likeness (QED) is 0.940. The number of hydrogen-bond acceptors (Lipinski definition) is 4. The zero-order valence-corrected chi connectivity index (χ0v) is 13.0. The van der Waals surface area contributed by atoms with Gasteiger partial charge in [0.15, 0.2) is 6.10 Å². The van der Waals surface area contributed by atoms with Crippen LogP contribution in [-0.2, 0) is 9.59 Å². The van der Waals surface area contributed by atoms with Crippen LogP contribution in [0.5, 0.6) is 5.75 Å². The predicted molar refractivity (Wildman–Crippen MR) is 88.7 cm³/mol. The van der Waals surface area contributed by atoms with Gasteiger partial charge >= 0.3 is 0 Å². The maximum absolute atomic E-state index is 12.4. The Bertz CT molecular complexity index is 841. The zero-order chi connectivity index (χ0) is 17.1. The Kier molecular flexibility index (Phi) is 4.17. The van der Waals surface area contributed by atoms with Crippen LogP contribution in [-0.4, -0.2) is 25.0 Å². The number of anilines is 2. The minimum atomic E-state index is -0.871. The van der Waals surface area contributed by atoms with Crippen molar-refractivity contribution in [2.24, 2.45) is 0 Å². The fourth-order valence-corrected chi connectivity index (χ4v) is 2.55. The smallest absolute Gasteiger partial charge is 0.268 e. The van der Waals surface area contributed by atoms with Gasteiger partial charge in [-0.15, -0.1) is 0 Å². The maximum Gasteiger partial charge on any atom is 0.268 e. The third kappa shape index (κ3) is 3.06. The van der Waals surface area contributed by atoms with Gasteiger partial charge in [0.05, 0.1) is 23.7 Å². The standard InChI is InChI=1S/C18H15N3O3/c1-21-14-7-2-3-8-15(14)24-16(18(21)23)10-17(22)20-13-6-4-5-12(9-13)11-19/h2-9,16H,10H2,1H3,(H,20,22). The Hall–Kier alpha value is -3.33. The van der Waals surface area contributed by atoms with Crippen LogP contribution in [0.1, 0.15) is 12.0 Å². The molecule has 2 amide bonds. The van der Waals surface area contributed by atoms with Crippen molar-refractivity contribution >= 4 is 23.2 Å². The summed E-state index contributed by atoms with van der Waals surface area (Å²) < 4.78 is 5.66. The van der Waals surface area contributed by atoms with E-state index in [2.05, 4.69) is 5.32 Å². The normalized spacial score (nSPS) is 15.9. The molecule has 0 spiro atoms. The van der Waals surface area contributed by atoms with Crippen LogP contribution in [0.2, 0.25) is 0 Å². The second-order valence-corrected chi connectivity index (χ2v) is 5.42. The molecule has 0 aliphatic carbocycles. The summed E-state index contributed by atoms with van der Waals surface area (Å²) >= 11 is 0. The number of carbonyl (C=O) groups is 2. The number of nitriles is 1. The Morgan fingerprint density at radius 2 is 2.08 bits per heavy atom. The second kappa shape index (κ2) is 6.42. The van der Waals surface area contributed by atoms with E-state index < -0.39 is 6.10 Å². The van der Waals surface area contributed by atoms with Gasteiger partial charge in [-0.05, 0) is 30.3 Å². The van der Waals surface area contributed by atoms with Gasteiger partial charge in [0.2, 0.25) is 5.91 Å². The summed E-state index contributed by atoms with van der Waals surface area (Å²) in [4.78, 5) is 26.0. The van der Waals surface area contributed by atoms with E-state index >= 15 is 0 Å². The molecule has 1 atom stereocenters. The molecule has 0 bridgehead atoms. The van der Waals surface area contributed by atoms with Crippen molar-refractivity contribution in [1.29, 1.82) is 5.26 Å². The lowest BCUT2D eigenvalue weighted by molar-refractivity contribution is -0.130. The highest BCUT2D eigenvalue weighted by atomic mass is 16.5. The molecule has 24 heavy (non-hydrogen) atoms. The van der Waals surface area contributed by atoms with E-state index in [9.17, 15) is 9.59 Å². The number of nitrogens with zero attached hydrogens (tertiary/aromatic N) is 2. The number of para-hydroxylation sites is 2. The maximum atomic E-state index is 12.4. The average molecular weight is 321 g/mol. The largest absolute Gasteiger partial charge is 0.478 e. The highest BCUT2D eigenvalue weighted by molar-refractivity contribution is 6.03. The molecule has 2 aromatic rings. The van der Waals surface area contributed by atoms with Crippen molar-refractivity contribution in [3.8, 4) is 11.8 Å². The summed E-state index contributed by atoms with van der Waals surface area (Å²) in [6.07, 6.45) is -0.974. The molecule has 1 N–H and O–H groups in total. The number of hydrogen-bond donors (Lipinski definition) is 1. The zero-order valence-electron chi connectivity index (χ0n) is 13.0. The SMILES string of the molecule is CN1C(=O)C(CC(=O)Nc2cccc(C#N)c2)Oc2ccccc21. The van der Waals surface area contributed by atoms with E-state index in [0.717, 1.165) is 0 Å². The van der Waals surface area contributed by atoms with E-state index in [1.54, 1.807) is 43.4 Å². The highest BCUT2D eigenvalue weighted by Crippen LogP contribution is 2.33. The van der Waals surface area contributed by atoms with Gasteiger partial charge in [-0.25, -0.2) is 0 Å². The highest BCUT2D eigenvalue weighted by Gasteiger charge is 2.33. The van der Waals surface area contributed by atoms with Gasteiger partial charge in [0.25, 0.3) is 5.91 Å². The number of likely N-dealkylation sites (N-methyl/N-ethyl adjacent to an activating group) is 1. The van der Waals surface area contributed by atoms with Crippen LogP contribution in [0, 0.1) is 11.3 Å². The first kappa shape index (κ1) is 15.6. The molecule has 1 aliphatic heterocycles. The lowest BCUT2D eigenvalue weighted by Crippen LogP contribution is -2.45. The molecular formula is C18H15N3O3. The van der Waals surface area contributed by atoms with Crippen molar-refractivity contribution in [2.45, 2.75) is 12.5 Å². The number of carbonyl (C=O) groups excluding carboxylic acids is 2. The number of nitrogens with one attached hydrogen (secondary N) is 1. The van der Waals surface area contributed by atoms with E-state index in [1.807, 2.05) is 18.2 Å². The molecule has 0 radical (unpaired) electrons. The van der Waals surface area contributed by atoms with Crippen molar-refractivity contribution in [2.75, 3.05) is 17.3 Å². The summed E-state index contributed by atoms with van der Waals surface area (Å²) in [5.41, 5.74) is 1.64. The summed E-state index contributed by atoms with van der Waals surface area (Å²) in [6.45, 7) is 0. The van der Waals surface area contributed by atoms with Gasteiger partial charge < -0.3 is 15.0 Å². The van der Waals surface area contributed by atoms with Gasteiger partial charge in [-0.1, -0.05) is 18.2 Å². The number of ether oxygens (including phenoxy) is 1. The number of fused-ring (bicyclic) bond motifs is 1. The fourth-order valence-electron chi connectivity index (χ4n) is 2.55. The Balaban J connectivity index is 1.71. The van der Waals surface area contributed by atoms with Crippen molar-refractivity contribution in [3.63, 3.8) is 0 Å². The van der Waals surface area contributed by atoms with Crippen LogP contribution in [0.3, 0.4) is 0 Å². The Morgan fingerprint density at radius 3 is 2.88 bits per heavy atom. The number of benzene rings is 2. The Morgan fingerprint density at radius 1 is 1.29 bits per heavy atom. The summed E-state index contributed by atoms with van der Waals surface area (Å²) in [5.74, 6) is -0.0466. The average Bonchev–Trinajstić information content (AvgIpc) is 2.59. The molecule has 1 heterocycles. The molecule has 6 nitrogen and oxygen atoms in total. The molecule has 3 rings (SSSR count). The summed E-state index contributed by atoms with van der Waals surface area (Å²) in [5, 5.41) is 11.6. The molecule has 0 saturated heterocycles. The van der Waals surface area contributed by atoms with Crippen molar-refractivity contribution in [3.05, 3.63) is 54.1 Å². The minimum Gasteiger partial charge on any atom is -0.478 e. The van der Waals surface area contributed by atoms with E-state index in [0.29, 0.717) is 22.7 Å². The molecule has 2 aromatic carbocycles. The molecule has 0 aromatic heterocycles. The number of amides is 2. The topological polar surface area (TPSA) is 82.4 Å². The lowest BCUT2D eigenvalue weighted by atomic mass is 10.1. The second-order valence-electron chi connectivity index (χ2n) is 5.42. The van der Waals surface area contributed by atoms with Crippen LogP contribution in [0.15, 0.2) is 48.5 Å². The molecule has 0 saturated carbocycles. The monoisotopic (exact) mass is 321 g/mol.